The zero-order chi connectivity index (χ0) is 89.3. The predicted molar refractivity (Wildman–Crippen MR) is 519 cm³/mol. The van der Waals surface area contributed by atoms with Gasteiger partial charge in [-0.25, -0.2) is 0 Å². The van der Waals surface area contributed by atoms with E-state index in [-0.39, 0.29) is 72.5 Å². The number of carbonyl (C=O) groups is 6. The van der Waals surface area contributed by atoms with E-state index in [1.165, 1.54) is 501 Å². The van der Waals surface area contributed by atoms with Crippen molar-refractivity contribution in [3.8, 4) is 0 Å². The molecule has 0 bridgehead atoms. The first-order chi connectivity index (χ1) is 58.6. The van der Waals surface area contributed by atoms with Gasteiger partial charge in [0.05, 0.1) is 0 Å². The van der Waals surface area contributed by atoms with Crippen LogP contribution in [0.3, 0.4) is 0 Å². The number of carboxylic acid groups (broad SMARTS) is 6. The van der Waals surface area contributed by atoms with Crippen molar-refractivity contribution in [1.82, 2.24) is 0 Å². The third kappa shape index (κ3) is 161. The summed E-state index contributed by atoms with van der Waals surface area (Å²) >= 11 is 0. The topological polar surface area (TPSA) is 241 Å². The second-order valence-corrected chi connectivity index (χ2v) is 36.4. The second-order valence-electron chi connectivity index (χ2n) is 36.4. The molecule has 0 aliphatic rings. The van der Waals surface area contributed by atoms with E-state index in [4.69, 9.17) is 0 Å². The van der Waals surface area contributed by atoms with Crippen LogP contribution >= 0.6 is 0 Å². The standard InChI is InChI=1S/6C18H36O2.Mg.Si/c6*1-2-3-4-5-6-7-8-9-10-11-12-13-14-15-16-17-18(19)20;;/h6*2-17H2,1H3,(H,19,20);;/q;;;;;;+2;+4/p-6. The minimum absolute atomic E-state index is 0. The van der Waals surface area contributed by atoms with Gasteiger partial charge in [0.1, 0.15) is 0 Å². The van der Waals surface area contributed by atoms with Crippen molar-refractivity contribution in [3.05, 3.63) is 0 Å². The van der Waals surface area contributed by atoms with Crippen LogP contribution in [0.5, 0.6) is 0 Å². The molecule has 0 spiro atoms. The maximum atomic E-state index is 10.2. The van der Waals surface area contributed by atoms with Crippen LogP contribution < -0.4 is 30.6 Å². The van der Waals surface area contributed by atoms with E-state index < -0.39 is 35.8 Å². The van der Waals surface area contributed by atoms with Crippen LogP contribution in [0.15, 0.2) is 0 Å². The molecule has 0 aliphatic heterocycles. The number of hydrogen-bond acceptors (Lipinski definition) is 12. The van der Waals surface area contributed by atoms with Crippen LogP contribution in [-0.2, 0) is 28.8 Å². The Morgan fingerprint density at radius 1 is 0.115 bits per heavy atom. The summed E-state index contributed by atoms with van der Waals surface area (Å²) in [7, 11) is 0. The summed E-state index contributed by atoms with van der Waals surface area (Å²) < 4.78 is 0. The molecule has 14 heteroatoms. The predicted octanol–water partition coefficient (Wildman–Crippen LogP) is 29.2. The average Bonchev–Trinajstić information content (AvgIpc) is 1.20. The minimum atomic E-state index is -0.903. The van der Waals surface area contributed by atoms with Gasteiger partial charge in [-0.2, -0.15) is 0 Å². The van der Waals surface area contributed by atoms with Gasteiger partial charge >= 0.3 is 34.0 Å². The first-order valence-corrected chi connectivity index (χ1v) is 53.8. The summed E-state index contributed by atoms with van der Waals surface area (Å²) in [5.41, 5.74) is 0. The Morgan fingerprint density at radius 2 is 0.164 bits per heavy atom. The van der Waals surface area contributed by atoms with Gasteiger partial charge in [0.15, 0.2) is 0 Å². The van der Waals surface area contributed by atoms with E-state index in [0.717, 1.165) is 77.0 Å². The molecule has 0 saturated carbocycles. The van der Waals surface area contributed by atoms with Gasteiger partial charge in [0.25, 0.3) is 0 Å². The van der Waals surface area contributed by atoms with Crippen molar-refractivity contribution < 1.29 is 59.4 Å². The van der Waals surface area contributed by atoms with Crippen LogP contribution in [0, 0.1) is 0 Å². The molecule has 0 radical (unpaired) electrons. The zero-order valence-corrected chi connectivity index (χ0v) is 85.4. The monoisotopic (exact) mass is 1750 g/mol. The quantitative estimate of drug-likeness (QED) is 0.0408. The van der Waals surface area contributed by atoms with Crippen LogP contribution in [0.25, 0.3) is 0 Å². The van der Waals surface area contributed by atoms with Crippen LogP contribution in [0.1, 0.15) is 658 Å². The summed E-state index contributed by atoms with van der Waals surface area (Å²) in [6.45, 7) is 13.6. The third-order valence-electron chi connectivity index (χ3n) is 23.9. The molecular formula is C108H210MgO12Si. The van der Waals surface area contributed by atoms with E-state index in [9.17, 15) is 59.4 Å². The fraction of sp³-hybridized carbons (Fsp3) is 0.944. The fourth-order valence-corrected chi connectivity index (χ4v) is 15.8. The molecular weight excluding hydrogens is 1540 g/mol. The fourth-order valence-electron chi connectivity index (χ4n) is 15.8. The second kappa shape index (κ2) is 132. The molecule has 0 aromatic carbocycles. The minimum Gasteiger partial charge on any atom is -0.550 e. The molecule has 0 N–H and O–H groups in total. The molecule has 12 nitrogen and oxygen atoms in total. The van der Waals surface area contributed by atoms with Crippen LogP contribution in [-0.4, -0.2) is 69.8 Å². The van der Waals surface area contributed by atoms with Gasteiger partial charge in [-0.1, -0.05) is 581 Å². The van der Waals surface area contributed by atoms with Crippen LogP contribution in [0.4, 0.5) is 0 Å². The summed E-state index contributed by atoms with van der Waals surface area (Å²) in [6.07, 6.45) is 119. The van der Waals surface area contributed by atoms with Gasteiger partial charge < -0.3 is 59.4 Å². The summed E-state index contributed by atoms with van der Waals surface area (Å²) in [5.74, 6) is -5.42. The van der Waals surface area contributed by atoms with Crippen molar-refractivity contribution in [2.24, 2.45) is 0 Å². The van der Waals surface area contributed by atoms with E-state index in [1.54, 1.807) is 0 Å². The molecule has 0 atom stereocenters. The van der Waals surface area contributed by atoms with Gasteiger partial charge in [-0.3, -0.25) is 0 Å². The Bertz CT molecular complexity index is 1570. The number of rotatable bonds is 96. The summed E-state index contributed by atoms with van der Waals surface area (Å²) in [6, 6.07) is 0. The summed E-state index contributed by atoms with van der Waals surface area (Å²) in [5, 5.41) is 61.3. The Labute approximate surface area is 782 Å². The van der Waals surface area contributed by atoms with Crippen molar-refractivity contribution in [2.45, 2.75) is 658 Å². The molecule has 0 fully saturated rings. The zero-order valence-electron chi connectivity index (χ0n) is 83.0. The number of aliphatic carboxylic acids is 6. The van der Waals surface area contributed by atoms with Crippen molar-refractivity contribution in [1.29, 1.82) is 0 Å². The molecule has 0 rings (SSSR count). The average molecular weight is 1750 g/mol. The maximum Gasteiger partial charge on any atom is 4.00 e. The van der Waals surface area contributed by atoms with Crippen molar-refractivity contribution in [3.63, 3.8) is 0 Å². The van der Waals surface area contributed by atoms with Gasteiger partial charge in [0, 0.05) is 35.8 Å². The first-order valence-electron chi connectivity index (χ1n) is 53.8. The number of carboxylic acids is 6. The van der Waals surface area contributed by atoms with E-state index >= 15 is 0 Å². The number of hydrogen-bond donors (Lipinski definition) is 0. The molecule has 0 aliphatic carbocycles. The molecule has 0 aromatic heterocycles. The normalized spacial score (nSPS) is 10.7. The first kappa shape index (κ1) is 135. The number of carbonyl (C=O) groups excluding carboxylic acids is 6. The molecule has 720 valence electrons. The van der Waals surface area contributed by atoms with Crippen molar-refractivity contribution >= 4 is 69.8 Å². The van der Waals surface area contributed by atoms with E-state index in [2.05, 4.69) is 41.5 Å². The molecule has 0 heterocycles. The number of unbranched alkanes of at least 4 members (excludes halogenated alkanes) is 84. The molecule has 0 saturated heterocycles. The SMILES string of the molecule is CCCCCCCCCCCCCCCCCC(=O)[O-].CCCCCCCCCCCCCCCCCC(=O)[O-].CCCCCCCCCCCCCCCCCC(=O)[O-].CCCCCCCCCCCCCCCCCC(=O)[O-].CCCCCCCCCCCCCCCCCC(=O)[O-].CCCCCCCCCCCCCCCCCC(=O)[O-].[Mg+2].[Si+4]. The van der Waals surface area contributed by atoms with Gasteiger partial charge in [-0.05, 0) is 77.0 Å². The molecule has 122 heavy (non-hydrogen) atoms. The van der Waals surface area contributed by atoms with Crippen molar-refractivity contribution in [2.75, 3.05) is 0 Å². The van der Waals surface area contributed by atoms with E-state index in [0.29, 0.717) is 0 Å². The van der Waals surface area contributed by atoms with Crippen LogP contribution in [0.2, 0.25) is 0 Å². The molecule has 0 unspecified atom stereocenters. The smallest absolute Gasteiger partial charge is 0.550 e. The summed E-state index contributed by atoms with van der Waals surface area (Å²) in [4.78, 5) is 61.3. The Morgan fingerprint density at radius 3 is 0.213 bits per heavy atom. The Balaban J connectivity index is -0.000000212. The van der Waals surface area contributed by atoms with Gasteiger partial charge in [-0.15, -0.1) is 0 Å². The molecule has 0 aromatic rings. The van der Waals surface area contributed by atoms with Gasteiger partial charge in [0.2, 0.25) is 0 Å². The molecule has 0 amide bonds. The van der Waals surface area contributed by atoms with E-state index in [1.807, 2.05) is 0 Å². The third-order valence-corrected chi connectivity index (χ3v) is 23.9. The maximum absolute atomic E-state index is 10.2. The largest absolute Gasteiger partial charge is 4.00 e. The Kier molecular flexibility index (Phi) is 146. The Hall–Kier alpha value is -2.20.